The lowest BCUT2D eigenvalue weighted by Gasteiger charge is -2.52. The Balaban J connectivity index is 2.08. The minimum absolute atomic E-state index is 0.0325. The van der Waals surface area contributed by atoms with E-state index in [1.165, 1.54) is 19.3 Å². The third-order valence-corrected chi connectivity index (χ3v) is 6.03. The summed E-state index contributed by atoms with van der Waals surface area (Å²) in [6.07, 6.45) is 6.79. The molecule has 0 aromatic carbocycles. The number of fused-ring (bicyclic) bond motifs is 2. The Morgan fingerprint density at radius 3 is 2.95 bits per heavy atom. The van der Waals surface area contributed by atoms with Gasteiger partial charge in [-0.25, -0.2) is 0 Å². The molecule has 1 aromatic rings. The summed E-state index contributed by atoms with van der Waals surface area (Å²) in [4.78, 5) is 12.0. The summed E-state index contributed by atoms with van der Waals surface area (Å²) in [6.45, 7) is 8.56. The Labute approximate surface area is 127 Å². The number of hydrogen-bond donors (Lipinski definition) is 0. The fraction of sp³-hybridized carbons (Fsp3) is 0.722. The molecule has 0 saturated heterocycles. The molecule has 0 unspecified atom stereocenters. The molecule has 1 saturated carbocycles. The molecule has 0 radical (unpaired) electrons. The van der Waals surface area contributed by atoms with Crippen LogP contribution in [-0.4, -0.2) is 5.97 Å². The number of carbonyl (C=O) groups is 1. The molecule has 1 fully saturated rings. The smallest absolute Gasteiger partial charge is 0.306 e. The highest BCUT2D eigenvalue weighted by molar-refractivity contribution is 5.69. The molecule has 0 amide bonds. The van der Waals surface area contributed by atoms with Crippen LogP contribution in [0.5, 0.6) is 0 Å². The number of hydrogen-bond acceptors (Lipinski definition) is 3. The molecule has 0 bridgehead atoms. The average Bonchev–Trinajstić information content (AvgIpc) is 2.82. The molecule has 4 atom stereocenters. The van der Waals surface area contributed by atoms with Gasteiger partial charge in [0.15, 0.2) is 0 Å². The molecule has 116 valence electrons. The minimum Gasteiger partial charge on any atom is -0.469 e. The van der Waals surface area contributed by atoms with Gasteiger partial charge in [-0.1, -0.05) is 33.6 Å². The zero-order valence-corrected chi connectivity index (χ0v) is 13.6. The molecule has 21 heavy (non-hydrogen) atoms. The minimum atomic E-state index is -0.146. The molecule has 3 nitrogen and oxygen atoms in total. The SMILES string of the molecule is CCC(=O)O[C@@H]1c2c(C)coc2C[C@@H]2CCC[C@H](C)[C@]21C. The predicted molar refractivity (Wildman–Crippen MR) is 80.9 cm³/mol. The number of carbonyl (C=O) groups excluding carboxylic acids is 1. The molecule has 1 heterocycles. The highest BCUT2D eigenvalue weighted by Crippen LogP contribution is 2.59. The van der Waals surface area contributed by atoms with Crippen molar-refractivity contribution in [3.05, 3.63) is 23.2 Å². The summed E-state index contributed by atoms with van der Waals surface area (Å²) >= 11 is 0. The largest absolute Gasteiger partial charge is 0.469 e. The van der Waals surface area contributed by atoms with E-state index in [1.807, 2.05) is 13.2 Å². The van der Waals surface area contributed by atoms with Crippen LogP contribution in [0, 0.1) is 24.2 Å². The van der Waals surface area contributed by atoms with Crippen LogP contribution in [0.4, 0.5) is 0 Å². The molecule has 2 aliphatic carbocycles. The molecular formula is C18H26O3. The molecule has 0 N–H and O–H groups in total. The molecule has 3 heteroatoms. The topological polar surface area (TPSA) is 39.4 Å². The average molecular weight is 290 g/mol. The van der Waals surface area contributed by atoms with E-state index in [0.29, 0.717) is 18.3 Å². The second kappa shape index (κ2) is 5.19. The standard InChI is InChI=1S/C18H26O3/c1-5-15(19)21-17-16-11(2)10-20-14(16)9-13-8-6-7-12(3)18(13,17)4/h10,12-13,17H,5-9H2,1-4H3/t12-,13-,17+,18+/m0/s1. The van der Waals surface area contributed by atoms with Gasteiger partial charge in [0.1, 0.15) is 11.9 Å². The molecule has 0 spiro atoms. The first-order chi connectivity index (χ1) is 9.98. The van der Waals surface area contributed by atoms with Gasteiger partial charge in [-0.3, -0.25) is 4.79 Å². The van der Waals surface area contributed by atoms with Crippen LogP contribution in [0.3, 0.4) is 0 Å². The lowest BCUT2D eigenvalue weighted by Crippen LogP contribution is -2.47. The molecule has 0 aliphatic heterocycles. The van der Waals surface area contributed by atoms with Crippen molar-refractivity contribution >= 4 is 5.97 Å². The van der Waals surface area contributed by atoms with Crippen molar-refractivity contribution in [2.24, 2.45) is 17.3 Å². The zero-order chi connectivity index (χ0) is 15.2. The van der Waals surface area contributed by atoms with Gasteiger partial charge in [-0.05, 0) is 30.7 Å². The van der Waals surface area contributed by atoms with Gasteiger partial charge in [0.05, 0.1) is 6.26 Å². The summed E-state index contributed by atoms with van der Waals surface area (Å²) in [6, 6.07) is 0. The third-order valence-electron chi connectivity index (χ3n) is 6.03. The maximum absolute atomic E-state index is 12.0. The van der Waals surface area contributed by atoms with E-state index in [-0.39, 0.29) is 17.5 Å². The summed E-state index contributed by atoms with van der Waals surface area (Å²) in [5.74, 6) is 2.05. The van der Waals surface area contributed by atoms with Crippen LogP contribution in [0.1, 0.15) is 69.4 Å². The summed E-state index contributed by atoms with van der Waals surface area (Å²) in [5, 5.41) is 0. The van der Waals surface area contributed by atoms with E-state index < -0.39 is 0 Å². The molecule has 2 aliphatic rings. The van der Waals surface area contributed by atoms with Crippen molar-refractivity contribution in [2.45, 2.75) is 65.9 Å². The predicted octanol–water partition coefficient (Wildman–Crippen LogP) is 4.58. The number of ether oxygens (including phenoxy) is 1. The number of rotatable bonds is 2. The van der Waals surface area contributed by atoms with Gasteiger partial charge in [0.25, 0.3) is 0 Å². The second-order valence-corrected chi connectivity index (χ2v) is 7.08. The van der Waals surface area contributed by atoms with Gasteiger partial charge in [0.2, 0.25) is 0 Å². The van der Waals surface area contributed by atoms with E-state index in [2.05, 4.69) is 20.8 Å². The first kappa shape index (κ1) is 14.7. The van der Waals surface area contributed by atoms with Crippen LogP contribution < -0.4 is 0 Å². The van der Waals surface area contributed by atoms with Crippen LogP contribution in [0.15, 0.2) is 10.7 Å². The summed E-state index contributed by atoms with van der Waals surface area (Å²) in [7, 11) is 0. The van der Waals surface area contributed by atoms with Gasteiger partial charge < -0.3 is 9.15 Å². The number of esters is 1. The monoisotopic (exact) mass is 290 g/mol. The Bertz CT molecular complexity index is 545. The first-order valence-electron chi connectivity index (χ1n) is 8.24. The lowest BCUT2D eigenvalue weighted by molar-refractivity contribution is -0.169. The quantitative estimate of drug-likeness (QED) is 0.748. The van der Waals surface area contributed by atoms with Crippen molar-refractivity contribution < 1.29 is 13.9 Å². The van der Waals surface area contributed by atoms with E-state index in [1.54, 1.807) is 0 Å². The molecule has 3 rings (SSSR count). The number of aryl methyl sites for hydroxylation is 1. The van der Waals surface area contributed by atoms with Crippen molar-refractivity contribution in [3.8, 4) is 0 Å². The van der Waals surface area contributed by atoms with Crippen LogP contribution in [0.2, 0.25) is 0 Å². The van der Waals surface area contributed by atoms with Gasteiger partial charge in [0, 0.05) is 23.8 Å². The van der Waals surface area contributed by atoms with Crippen LogP contribution >= 0.6 is 0 Å². The Morgan fingerprint density at radius 1 is 1.48 bits per heavy atom. The Morgan fingerprint density at radius 2 is 2.24 bits per heavy atom. The van der Waals surface area contributed by atoms with Crippen LogP contribution in [-0.2, 0) is 16.0 Å². The number of furan rings is 1. The maximum atomic E-state index is 12.0. The normalized spacial score (nSPS) is 35.0. The maximum Gasteiger partial charge on any atom is 0.306 e. The van der Waals surface area contributed by atoms with Crippen molar-refractivity contribution in [2.75, 3.05) is 0 Å². The second-order valence-electron chi connectivity index (χ2n) is 7.08. The van der Waals surface area contributed by atoms with E-state index >= 15 is 0 Å². The highest BCUT2D eigenvalue weighted by atomic mass is 16.5. The fourth-order valence-corrected chi connectivity index (χ4v) is 4.44. The van der Waals surface area contributed by atoms with Gasteiger partial charge in [-0.2, -0.15) is 0 Å². The molecule has 1 aromatic heterocycles. The van der Waals surface area contributed by atoms with Crippen molar-refractivity contribution in [3.63, 3.8) is 0 Å². The highest BCUT2D eigenvalue weighted by Gasteiger charge is 2.54. The van der Waals surface area contributed by atoms with E-state index in [0.717, 1.165) is 23.3 Å². The van der Waals surface area contributed by atoms with Crippen molar-refractivity contribution in [1.82, 2.24) is 0 Å². The van der Waals surface area contributed by atoms with Crippen molar-refractivity contribution in [1.29, 1.82) is 0 Å². The van der Waals surface area contributed by atoms with E-state index in [9.17, 15) is 4.79 Å². The third kappa shape index (κ3) is 2.13. The van der Waals surface area contributed by atoms with Gasteiger partial charge in [-0.15, -0.1) is 0 Å². The lowest BCUT2D eigenvalue weighted by atomic mass is 9.54. The van der Waals surface area contributed by atoms with E-state index in [4.69, 9.17) is 9.15 Å². The fourth-order valence-electron chi connectivity index (χ4n) is 4.44. The summed E-state index contributed by atoms with van der Waals surface area (Å²) in [5.41, 5.74) is 2.30. The molecular weight excluding hydrogens is 264 g/mol. The van der Waals surface area contributed by atoms with Crippen LogP contribution in [0.25, 0.3) is 0 Å². The first-order valence-corrected chi connectivity index (χ1v) is 8.24. The Hall–Kier alpha value is -1.25. The Kier molecular flexibility index (Phi) is 3.62. The zero-order valence-electron chi connectivity index (χ0n) is 13.6. The van der Waals surface area contributed by atoms with Gasteiger partial charge >= 0.3 is 5.97 Å². The summed E-state index contributed by atoms with van der Waals surface area (Å²) < 4.78 is 11.7.